The molecule has 1 rings (SSSR count). The third-order valence-electron chi connectivity index (χ3n) is 1.96. The van der Waals surface area contributed by atoms with Crippen LogP contribution in [0, 0.1) is 0 Å². The monoisotopic (exact) mass is 242 g/mol. The molecule has 1 radical (unpaired) electrons. The molecule has 0 saturated heterocycles. The maximum atomic E-state index is 12.4. The zero-order chi connectivity index (χ0) is 12.6. The van der Waals surface area contributed by atoms with Gasteiger partial charge in [-0.2, -0.15) is 26.3 Å². The molecule has 0 unspecified atom stereocenters. The van der Waals surface area contributed by atoms with E-state index < -0.39 is 35.6 Å². The number of rotatable bonds is 1. The summed E-state index contributed by atoms with van der Waals surface area (Å²) in [5.74, 6) is 0. The number of hydrogen-bond acceptors (Lipinski definition) is 0. The Hall–Kier alpha value is -1.24. The molecule has 7 heteroatoms. The van der Waals surface area contributed by atoms with Gasteiger partial charge < -0.3 is 0 Å². The molecule has 0 saturated carbocycles. The quantitative estimate of drug-likeness (QED) is 0.673. The first-order chi connectivity index (χ1) is 7.18. The molecule has 0 aromatic heterocycles. The van der Waals surface area contributed by atoms with Gasteiger partial charge in [0.2, 0.25) is 0 Å². The number of hydrogen-bond donors (Lipinski definition) is 0. The van der Waals surface area contributed by atoms with Crippen molar-refractivity contribution >= 4 is 0 Å². The van der Waals surface area contributed by atoms with E-state index in [0.717, 1.165) is 0 Å². The highest BCUT2D eigenvalue weighted by Crippen LogP contribution is 2.39. The predicted octanol–water partition coefficient (Wildman–Crippen LogP) is 3.51. The van der Waals surface area contributed by atoms with E-state index in [4.69, 9.17) is 5.73 Å². The van der Waals surface area contributed by atoms with Gasteiger partial charge in [0.15, 0.2) is 0 Å². The summed E-state index contributed by atoms with van der Waals surface area (Å²) in [5.41, 5.74) is 2.94. The van der Waals surface area contributed by atoms with Crippen molar-refractivity contribution in [3.63, 3.8) is 0 Å². The van der Waals surface area contributed by atoms with Crippen molar-refractivity contribution in [2.24, 2.45) is 0 Å². The van der Waals surface area contributed by atoms with Gasteiger partial charge in [-0.3, -0.25) is 5.73 Å². The zero-order valence-electron chi connectivity index (χ0n) is 7.71. The molecule has 89 valence electrons. The Kier molecular flexibility index (Phi) is 3.18. The van der Waals surface area contributed by atoms with Crippen molar-refractivity contribution in [2.45, 2.75) is 18.9 Å². The zero-order valence-corrected chi connectivity index (χ0v) is 7.71. The fraction of sp³-hybridized carbons (Fsp3) is 0.333. The Bertz CT molecular complexity index is 346. The van der Waals surface area contributed by atoms with Crippen LogP contribution >= 0.6 is 0 Å². The molecule has 0 amide bonds. The van der Waals surface area contributed by atoms with Crippen LogP contribution in [0.2, 0.25) is 0 Å². The fourth-order valence-electron chi connectivity index (χ4n) is 1.31. The van der Waals surface area contributed by atoms with Crippen LogP contribution in [0.25, 0.3) is 0 Å². The molecule has 0 aliphatic rings. The summed E-state index contributed by atoms with van der Waals surface area (Å²) in [6, 6.07) is 1.77. The average Bonchev–Trinajstić information content (AvgIpc) is 2.13. The molecule has 0 bridgehead atoms. The molecular formula is C9H6F6N. The summed E-state index contributed by atoms with van der Waals surface area (Å²) >= 11 is 0. The van der Waals surface area contributed by atoms with Crippen molar-refractivity contribution in [1.82, 2.24) is 5.73 Å². The minimum absolute atomic E-state index is 0.541. The van der Waals surface area contributed by atoms with Gasteiger partial charge in [0.05, 0.1) is 11.1 Å². The highest BCUT2D eigenvalue weighted by molar-refractivity contribution is 5.38. The van der Waals surface area contributed by atoms with E-state index in [2.05, 4.69) is 0 Å². The van der Waals surface area contributed by atoms with Crippen LogP contribution in [0.4, 0.5) is 26.3 Å². The Morgan fingerprint density at radius 1 is 0.875 bits per heavy atom. The predicted molar refractivity (Wildman–Crippen MR) is 43.2 cm³/mol. The van der Waals surface area contributed by atoms with E-state index >= 15 is 0 Å². The van der Waals surface area contributed by atoms with Gasteiger partial charge in [0.1, 0.15) is 0 Å². The van der Waals surface area contributed by atoms with Crippen molar-refractivity contribution in [3.05, 3.63) is 34.9 Å². The maximum Gasteiger partial charge on any atom is 0.416 e. The van der Waals surface area contributed by atoms with Gasteiger partial charge in [-0.15, -0.1) is 0 Å². The van der Waals surface area contributed by atoms with E-state index in [-0.39, 0.29) is 0 Å². The number of halogens is 6. The van der Waals surface area contributed by atoms with Crippen molar-refractivity contribution in [1.29, 1.82) is 0 Å². The Labute approximate surface area is 86.9 Å². The van der Waals surface area contributed by atoms with Gasteiger partial charge in [0.25, 0.3) is 0 Å². The van der Waals surface area contributed by atoms with E-state index in [9.17, 15) is 26.3 Å². The second kappa shape index (κ2) is 3.97. The molecule has 0 atom stereocenters. The van der Waals surface area contributed by atoms with E-state index in [1.54, 1.807) is 0 Å². The summed E-state index contributed by atoms with van der Waals surface area (Å²) in [5, 5.41) is 0. The Balaban J connectivity index is 3.45. The SMILES string of the molecule is [NH]Cc1c(C(F)(F)F)cccc1C(F)(F)F. The number of alkyl halides is 6. The van der Waals surface area contributed by atoms with Gasteiger partial charge in [0, 0.05) is 6.54 Å². The molecule has 0 spiro atoms. The normalized spacial score (nSPS) is 12.9. The summed E-state index contributed by atoms with van der Waals surface area (Å²) in [6.45, 7) is -1.06. The standard InChI is InChI=1S/C9H6F6N/c10-8(11,12)6-2-1-3-7(5(6)4-16)9(13,14)15/h1-3,16H,4H2. The molecule has 1 aromatic carbocycles. The Morgan fingerprint density at radius 3 is 1.50 bits per heavy atom. The topological polar surface area (TPSA) is 23.8 Å². The van der Waals surface area contributed by atoms with Crippen LogP contribution in [-0.2, 0) is 18.9 Å². The first kappa shape index (κ1) is 12.8. The first-order valence-corrected chi connectivity index (χ1v) is 4.09. The molecule has 0 fully saturated rings. The van der Waals surface area contributed by atoms with Crippen LogP contribution < -0.4 is 5.73 Å². The fourth-order valence-corrected chi connectivity index (χ4v) is 1.31. The molecular weight excluding hydrogens is 236 g/mol. The van der Waals surface area contributed by atoms with Crippen LogP contribution in [0.15, 0.2) is 18.2 Å². The van der Waals surface area contributed by atoms with Crippen molar-refractivity contribution in [2.75, 3.05) is 0 Å². The summed E-state index contributed by atoms with van der Waals surface area (Å²) < 4.78 is 74.1. The maximum absolute atomic E-state index is 12.4. The Morgan fingerprint density at radius 2 is 1.25 bits per heavy atom. The van der Waals surface area contributed by atoms with E-state index in [1.165, 1.54) is 0 Å². The molecule has 1 nitrogen and oxygen atoms in total. The summed E-state index contributed by atoms with van der Waals surface area (Å²) in [6.07, 6.45) is -9.75. The number of benzene rings is 1. The van der Waals surface area contributed by atoms with Gasteiger partial charge >= 0.3 is 12.4 Å². The van der Waals surface area contributed by atoms with Gasteiger partial charge in [-0.25, -0.2) is 0 Å². The highest BCUT2D eigenvalue weighted by Gasteiger charge is 2.39. The van der Waals surface area contributed by atoms with Crippen LogP contribution in [-0.4, -0.2) is 0 Å². The van der Waals surface area contributed by atoms with Crippen molar-refractivity contribution in [3.8, 4) is 0 Å². The lowest BCUT2D eigenvalue weighted by molar-refractivity contribution is -0.144. The molecule has 0 heterocycles. The number of nitrogens with one attached hydrogen (secondary N) is 1. The second-order valence-corrected chi connectivity index (χ2v) is 3.00. The molecule has 16 heavy (non-hydrogen) atoms. The van der Waals surface area contributed by atoms with Gasteiger partial charge in [-0.1, -0.05) is 6.07 Å². The minimum atomic E-state index is -4.88. The molecule has 0 aliphatic carbocycles. The van der Waals surface area contributed by atoms with Crippen molar-refractivity contribution < 1.29 is 26.3 Å². The van der Waals surface area contributed by atoms with E-state index in [1.807, 2.05) is 0 Å². The third kappa shape index (κ3) is 2.46. The lowest BCUT2D eigenvalue weighted by Gasteiger charge is -2.16. The second-order valence-electron chi connectivity index (χ2n) is 3.00. The van der Waals surface area contributed by atoms with Crippen LogP contribution in [0.3, 0.4) is 0 Å². The highest BCUT2D eigenvalue weighted by atomic mass is 19.4. The van der Waals surface area contributed by atoms with E-state index in [0.29, 0.717) is 18.2 Å². The molecule has 0 aliphatic heterocycles. The smallest absolute Gasteiger partial charge is 0.253 e. The lowest BCUT2D eigenvalue weighted by Crippen LogP contribution is -2.16. The van der Waals surface area contributed by atoms with Crippen LogP contribution in [0.5, 0.6) is 0 Å². The van der Waals surface area contributed by atoms with Gasteiger partial charge in [-0.05, 0) is 17.7 Å². The largest absolute Gasteiger partial charge is 0.416 e. The minimum Gasteiger partial charge on any atom is -0.253 e. The molecule has 1 N–H and O–H groups in total. The third-order valence-corrected chi connectivity index (χ3v) is 1.96. The summed E-state index contributed by atoms with van der Waals surface area (Å²) in [7, 11) is 0. The summed E-state index contributed by atoms with van der Waals surface area (Å²) in [4.78, 5) is 0. The average molecular weight is 242 g/mol. The lowest BCUT2D eigenvalue weighted by atomic mass is 10.0. The first-order valence-electron chi connectivity index (χ1n) is 4.09. The van der Waals surface area contributed by atoms with Crippen LogP contribution in [0.1, 0.15) is 16.7 Å². The molecule has 1 aromatic rings.